The summed E-state index contributed by atoms with van der Waals surface area (Å²) in [5, 5.41) is 2.73. The number of rotatable bonds is 5. The highest BCUT2D eigenvalue weighted by Crippen LogP contribution is 2.23. The third-order valence-corrected chi connectivity index (χ3v) is 5.97. The second-order valence-corrected chi connectivity index (χ2v) is 8.97. The van der Waals surface area contributed by atoms with Crippen LogP contribution in [0.5, 0.6) is 0 Å². The first kappa shape index (κ1) is 19.1. The summed E-state index contributed by atoms with van der Waals surface area (Å²) in [5.41, 5.74) is 1.72. The van der Waals surface area contributed by atoms with E-state index in [2.05, 4.69) is 38.3 Å². The van der Waals surface area contributed by atoms with E-state index in [1.54, 1.807) is 11.3 Å². The van der Waals surface area contributed by atoms with Crippen LogP contribution >= 0.6 is 27.3 Å². The Kier molecular flexibility index (Phi) is 6.45. The van der Waals surface area contributed by atoms with Crippen molar-refractivity contribution in [3.8, 4) is 0 Å². The normalized spacial score (nSPS) is 15.1. The summed E-state index contributed by atoms with van der Waals surface area (Å²) in [6.45, 7) is 5.79. The number of halogens is 1. The molecule has 0 unspecified atom stereocenters. The van der Waals surface area contributed by atoms with E-state index in [9.17, 15) is 9.59 Å². The summed E-state index contributed by atoms with van der Waals surface area (Å²) < 4.78 is 1.16. The highest BCUT2D eigenvalue weighted by Gasteiger charge is 2.21. The van der Waals surface area contributed by atoms with Crippen molar-refractivity contribution in [2.24, 2.45) is 0 Å². The van der Waals surface area contributed by atoms with Crippen LogP contribution in [0.3, 0.4) is 0 Å². The molecular formula is C19H22BrN3O2S. The van der Waals surface area contributed by atoms with Crippen molar-refractivity contribution in [1.82, 2.24) is 9.80 Å². The minimum atomic E-state index is -0.0957. The van der Waals surface area contributed by atoms with Crippen molar-refractivity contribution in [2.75, 3.05) is 31.5 Å². The van der Waals surface area contributed by atoms with Gasteiger partial charge in [0.05, 0.1) is 10.2 Å². The SMILES string of the molecule is CC(=O)Nc1ccc(CC(=O)N2CCN(Cc3ccc(Br)s3)CC2)cc1. The molecule has 1 N–H and O–H groups in total. The number of amides is 2. The van der Waals surface area contributed by atoms with Gasteiger partial charge in [-0.15, -0.1) is 11.3 Å². The molecule has 1 saturated heterocycles. The predicted molar refractivity (Wildman–Crippen MR) is 108 cm³/mol. The van der Waals surface area contributed by atoms with Gasteiger partial charge >= 0.3 is 0 Å². The van der Waals surface area contributed by atoms with Gasteiger partial charge in [-0.25, -0.2) is 0 Å². The van der Waals surface area contributed by atoms with Gasteiger partial charge in [0.2, 0.25) is 11.8 Å². The summed E-state index contributed by atoms with van der Waals surface area (Å²) in [5.74, 6) is 0.0670. The van der Waals surface area contributed by atoms with Gasteiger partial charge < -0.3 is 10.2 Å². The molecular weight excluding hydrogens is 414 g/mol. The smallest absolute Gasteiger partial charge is 0.227 e. The summed E-state index contributed by atoms with van der Waals surface area (Å²) >= 11 is 5.26. The summed E-state index contributed by atoms with van der Waals surface area (Å²) in [6, 6.07) is 11.7. The lowest BCUT2D eigenvalue weighted by atomic mass is 10.1. The molecule has 1 fully saturated rings. The molecule has 0 atom stereocenters. The van der Waals surface area contributed by atoms with Crippen molar-refractivity contribution in [3.63, 3.8) is 0 Å². The van der Waals surface area contributed by atoms with Crippen molar-refractivity contribution in [1.29, 1.82) is 0 Å². The highest BCUT2D eigenvalue weighted by molar-refractivity contribution is 9.11. The minimum Gasteiger partial charge on any atom is -0.340 e. The highest BCUT2D eigenvalue weighted by atomic mass is 79.9. The first-order valence-electron chi connectivity index (χ1n) is 8.60. The van der Waals surface area contributed by atoms with Crippen LogP contribution in [0.25, 0.3) is 0 Å². The van der Waals surface area contributed by atoms with Gasteiger partial charge in [-0.1, -0.05) is 12.1 Å². The first-order chi connectivity index (χ1) is 12.5. The third kappa shape index (κ3) is 5.40. The Balaban J connectivity index is 1.46. The maximum Gasteiger partial charge on any atom is 0.227 e. The molecule has 7 heteroatoms. The van der Waals surface area contributed by atoms with Crippen molar-refractivity contribution >= 4 is 44.8 Å². The number of benzene rings is 1. The lowest BCUT2D eigenvalue weighted by Crippen LogP contribution is -2.48. The van der Waals surface area contributed by atoms with E-state index in [-0.39, 0.29) is 11.8 Å². The second-order valence-electron chi connectivity index (χ2n) is 6.42. The van der Waals surface area contributed by atoms with E-state index < -0.39 is 0 Å². The molecule has 1 aromatic heterocycles. The van der Waals surface area contributed by atoms with Crippen LogP contribution in [0.15, 0.2) is 40.2 Å². The zero-order chi connectivity index (χ0) is 18.5. The quantitative estimate of drug-likeness (QED) is 0.782. The lowest BCUT2D eigenvalue weighted by molar-refractivity contribution is -0.132. The lowest BCUT2D eigenvalue weighted by Gasteiger charge is -2.34. The Hall–Kier alpha value is -1.70. The Morgan fingerprint density at radius 2 is 1.77 bits per heavy atom. The molecule has 2 aromatic rings. The number of thiophene rings is 1. The molecule has 2 amide bonds. The molecule has 2 heterocycles. The molecule has 1 aliphatic rings. The molecule has 1 aromatic carbocycles. The summed E-state index contributed by atoms with van der Waals surface area (Å²) in [6.07, 6.45) is 0.401. The fraction of sp³-hybridized carbons (Fsp3) is 0.368. The van der Waals surface area contributed by atoms with E-state index in [1.807, 2.05) is 29.2 Å². The molecule has 5 nitrogen and oxygen atoms in total. The fourth-order valence-electron chi connectivity index (χ4n) is 3.01. The molecule has 0 bridgehead atoms. The number of hydrogen-bond donors (Lipinski definition) is 1. The number of nitrogens with one attached hydrogen (secondary N) is 1. The van der Waals surface area contributed by atoms with E-state index in [0.29, 0.717) is 6.42 Å². The van der Waals surface area contributed by atoms with E-state index in [1.165, 1.54) is 11.8 Å². The van der Waals surface area contributed by atoms with E-state index >= 15 is 0 Å². The summed E-state index contributed by atoms with van der Waals surface area (Å²) in [7, 11) is 0. The van der Waals surface area contributed by atoms with Gasteiger partial charge in [0.1, 0.15) is 0 Å². The number of hydrogen-bond acceptors (Lipinski definition) is 4. The molecule has 0 saturated carbocycles. The number of piperazine rings is 1. The molecule has 0 spiro atoms. The molecule has 26 heavy (non-hydrogen) atoms. The predicted octanol–water partition coefficient (Wildman–Crippen LogP) is 3.36. The Labute approximate surface area is 166 Å². The van der Waals surface area contributed by atoms with Gasteiger partial charge in [0.25, 0.3) is 0 Å². The maximum absolute atomic E-state index is 12.5. The molecule has 3 rings (SSSR count). The Morgan fingerprint density at radius 1 is 1.08 bits per heavy atom. The molecule has 1 aliphatic heterocycles. The van der Waals surface area contributed by atoms with Crippen LogP contribution in [0.2, 0.25) is 0 Å². The Bertz CT molecular complexity index is 767. The van der Waals surface area contributed by atoms with E-state index in [0.717, 1.165) is 47.8 Å². The third-order valence-electron chi connectivity index (χ3n) is 4.36. The fourth-order valence-corrected chi connectivity index (χ4v) is 4.53. The average molecular weight is 436 g/mol. The van der Waals surface area contributed by atoms with Crippen molar-refractivity contribution in [2.45, 2.75) is 19.9 Å². The largest absolute Gasteiger partial charge is 0.340 e. The number of carbonyl (C=O) groups is 2. The monoisotopic (exact) mass is 435 g/mol. The first-order valence-corrected chi connectivity index (χ1v) is 10.2. The van der Waals surface area contributed by atoms with Crippen LogP contribution in [0.1, 0.15) is 17.4 Å². The second kappa shape index (κ2) is 8.79. The molecule has 138 valence electrons. The van der Waals surface area contributed by atoms with Gasteiger partial charge in [-0.05, 0) is 45.8 Å². The van der Waals surface area contributed by atoms with Gasteiger partial charge in [-0.3, -0.25) is 14.5 Å². The topological polar surface area (TPSA) is 52.7 Å². The zero-order valence-electron chi connectivity index (χ0n) is 14.7. The minimum absolute atomic E-state index is 0.0957. The van der Waals surface area contributed by atoms with Crippen LogP contribution in [0, 0.1) is 0 Å². The van der Waals surface area contributed by atoms with Gasteiger partial charge in [-0.2, -0.15) is 0 Å². The van der Waals surface area contributed by atoms with Crippen molar-refractivity contribution < 1.29 is 9.59 Å². The standard InChI is InChI=1S/C19H22BrN3O2S/c1-14(24)21-16-4-2-15(3-5-16)12-19(25)23-10-8-22(9-11-23)13-17-6-7-18(20)26-17/h2-7H,8-13H2,1H3,(H,21,24). The van der Waals surface area contributed by atoms with Gasteiger partial charge in [0.15, 0.2) is 0 Å². The van der Waals surface area contributed by atoms with E-state index in [4.69, 9.17) is 0 Å². The van der Waals surface area contributed by atoms with Crippen LogP contribution in [0.4, 0.5) is 5.69 Å². The Morgan fingerprint density at radius 3 is 2.35 bits per heavy atom. The maximum atomic E-state index is 12.5. The number of anilines is 1. The average Bonchev–Trinajstić information content (AvgIpc) is 3.01. The zero-order valence-corrected chi connectivity index (χ0v) is 17.1. The van der Waals surface area contributed by atoms with Crippen LogP contribution in [-0.2, 0) is 22.6 Å². The van der Waals surface area contributed by atoms with Gasteiger partial charge in [0, 0.05) is 50.2 Å². The van der Waals surface area contributed by atoms with Crippen LogP contribution < -0.4 is 5.32 Å². The molecule has 0 radical (unpaired) electrons. The number of carbonyl (C=O) groups excluding carboxylic acids is 2. The molecule has 0 aliphatic carbocycles. The number of nitrogens with zero attached hydrogens (tertiary/aromatic N) is 2. The van der Waals surface area contributed by atoms with Crippen molar-refractivity contribution in [3.05, 3.63) is 50.6 Å². The van der Waals surface area contributed by atoms with Crippen LogP contribution in [-0.4, -0.2) is 47.8 Å². The summed E-state index contributed by atoms with van der Waals surface area (Å²) in [4.78, 5) is 29.3.